The van der Waals surface area contributed by atoms with Crippen LogP contribution in [0.25, 0.3) is 0 Å². The summed E-state index contributed by atoms with van der Waals surface area (Å²) in [7, 11) is 0. The largest absolute Gasteiger partial charge is 0.264 e. The second-order valence-corrected chi connectivity index (χ2v) is 5.55. The van der Waals surface area contributed by atoms with E-state index in [-0.39, 0.29) is 11.0 Å². The molecule has 0 saturated carbocycles. The molecule has 0 spiro atoms. The molecule has 0 aliphatic carbocycles. The van der Waals surface area contributed by atoms with Crippen molar-refractivity contribution in [2.45, 2.75) is 66.3 Å². The summed E-state index contributed by atoms with van der Waals surface area (Å²) in [5.41, 5.74) is 1.54. The highest BCUT2D eigenvalue weighted by atomic mass is 15.3. The van der Waals surface area contributed by atoms with Crippen molar-refractivity contribution in [3.05, 3.63) is 18.0 Å². The quantitative estimate of drug-likeness (QED) is 0.633. The molecule has 0 aliphatic heterocycles. The van der Waals surface area contributed by atoms with Gasteiger partial charge in [0.15, 0.2) is 0 Å². The van der Waals surface area contributed by atoms with Crippen molar-refractivity contribution in [2.75, 3.05) is 0 Å². The van der Waals surface area contributed by atoms with Crippen LogP contribution >= 0.6 is 0 Å². The van der Waals surface area contributed by atoms with Gasteiger partial charge < -0.3 is 0 Å². The molecule has 0 atom stereocenters. The molecule has 0 fully saturated rings. The zero-order valence-electron chi connectivity index (χ0n) is 11.5. The minimum Gasteiger partial charge on any atom is -0.264 e. The number of hydrogen-bond donors (Lipinski definition) is 0. The summed E-state index contributed by atoms with van der Waals surface area (Å²) in [6, 6.07) is 2.10. The first-order valence-corrected chi connectivity index (χ1v) is 5.78. The molecular formula is C13H26N2. The van der Waals surface area contributed by atoms with Gasteiger partial charge in [-0.1, -0.05) is 34.6 Å². The monoisotopic (exact) mass is 210 g/mol. The lowest BCUT2D eigenvalue weighted by molar-refractivity contribution is 0.322. The van der Waals surface area contributed by atoms with Gasteiger partial charge in [0.05, 0.1) is 5.54 Å². The van der Waals surface area contributed by atoms with Crippen LogP contribution in [0.15, 0.2) is 12.3 Å². The van der Waals surface area contributed by atoms with Crippen LogP contribution in [0.4, 0.5) is 0 Å². The topological polar surface area (TPSA) is 17.8 Å². The van der Waals surface area contributed by atoms with Crippen molar-refractivity contribution in [3.63, 3.8) is 0 Å². The minimum atomic E-state index is 0.0755. The lowest BCUT2D eigenvalue weighted by Gasteiger charge is -2.28. The number of aromatic nitrogens is 2. The Morgan fingerprint density at radius 2 is 1.47 bits per heavy atom. The summed E-state index contributed by atoms with van der Waals surface area (Å²) in [6.45, 7) is 17.2. The van der Waals surface area contributed by atoms with E-state index in [9.17, 15) is 0 Å². The average molecular weight is 210 g/mol. The van der Waals surface area contributed by atoms with Crippen molar-refractivity contribution in [2.24, 2.45) is 0 Å². The summed E-state index contributed by atoms with van der Waals surface area (Å²) in [4.78, 5) is 0. The van der Waals surface area contributed by atoms with E-state index in [2.05, 4.69) is 57.4 Å². The van der Waals surface area contributed by atoms with Gasteiger partial charge in [-0.05, 0) is 26.8 Å². The molecule has 88 valence electrons. The highest BCUT2D eigenvalue weighted by Crippen LogP contribution is 2.26. The smallest absolute Gasteiger partial charge is 0.0546 e. The van der Waals surface area contributed by atoms with Crippen molar-refractivity contribution in [1.29, 1.82) is 0 Å². The molecule has 0 bridgehead atoms. The Bertz CT molecular complexity index is 256. The van der Waals surface area contributed by atoms with Gasteiger partial charge in [-0.15, -0.1) is 0 Å². The lowest BCUT2D eigenvalue weighted by atomic mass is 9.91. The van der Waals surface area contributed by atoms with E-state index in [4.69, 9.17) is 0 Å². The van der Waals surface area contributed by atoms with Crippen LogP contribution in [0.5, 0.6) is 0 Å². The first-order valence-electron chi connectivity index (χ1n) is 5.78. The average Bonchev–Trinajstić information content (AvgIpc) is 2.53. The zero-order valence-corrected chi connectivity index (χ0v) is 11.5. The molecular weight excluding hydrogens is 184 g/mol. The van der Waals surface area contributed by atoms with Gasteiger partial charge in [0, 0.05) is 17.3 Å². The van der Waals surface area contributed by atoms with Crippen LogP contribution < -0.4 is 0 Å². The molecule has 1 heterocycles. The third kappa shape index (κ3) is 3.69. The summed E-state index contributed by atoms with van der Waals surface area (Å²) < 4.78 is 2.10. The second-order valence-electron chi connectivity index (χ2n) is 5.55. The van der Waals surface area contributed by atoms with E-state index in [1.54, 1.807) is 0 Å². The second kappa shape index (κ2) is 4.82. The van der Waals surface area contributed by atoms with Crippen LogP contribution in [0.1, 0.15) is 61.1 Å². The van der Waals surface area contributed by atoms with E-state index < -0.39 is 0 Å². The van der Waals surface area contributed by atoms with E-state index in [1.165, 1.54) is 5.69 Å². The van der Waals surface area contributed by atoms with Crippen LogP contribution in [0, 0.1) is 0 Å². The molecule has 1 aromatic heterocycles. The Morgan fingerprint density at radius 1 is 1.00 bits per heavy atom. The highest BCUT2D eigenvalue weighted by Gasteiger charge is 2.24. The third-order valence-corrected chi connectivity index (χ3v) is 2.05. The molecule has 0 N–H and O–H groups in total. The van der Waals surface area contributed by atoms with Crippen molar-refractivity contribution >= 4 is 0 Å². The van der Waals surface area contributed by atoms with Gasteiger partial charge in [0.25, 0.3) is 0 Å². The normalized spacial score (nSPS) is 12.0. The molecule has 0 aliphatic rings. The Labute approximate surface area is 94.7 Å². The first kappa shape index (κ1) is 14.2. The molecule has 0 amide bonds. The van der Waals surface area contributed by atoms with E-state index in [0.29, 0.717) is 0 Å². The fraction of sp³-hybridized carbons (Fsp3) is 0.769. The van der Waals surface area contributed by atoms with Crippen LogP contribution in [0.2, 0.25) is 0 Å². The highest BCUT2D eigenvalue weighted by molar-refractivity contribution is 5.13. The van der Waals surface area contributed by atoms with Crippen molar-refractivity contribution in [1.82, 2.24) is 9.78 Å². The van der Waals surface area contributed by atoms with Gasteiger partial charge in [-0.3, -0.25) is 4.68 Å². The Balaban J connectivity index is 0.000000921. The number of rotatable bonds is 0. The third-order valence-electron chi connectivity index (χ3n) is 2.05. The van der Waals surface area contributed by atoms with Gasteiger partial charge >= 0.3 is 0 Å². The van der Waals surface area contributed by atoms with Crippen LogP contribution in [0.3, 0.4) is 0 Å². The van der Waals surface area contributed by atoms with Gasteiger partial charge in [0.1, 0.15) is 0 Å². The van der Waals surface area contributed by atoms with Crippen molar-refractivity contribution in [3.8, 4) is 0 Å². The number of nitrogens with zero attached hydrogens (tertiary/aromatic N) is 2. The molecule has 0 radical (unpaired) electrons. The van der Waals surface area contributed by atoms with E-state index in [1.807, 2.05) is 20.0 Å². The molecule has 15 heavy (non-hydrogen) atoms. The molecule has 1 rings (SSSR count). The molecule has 2 heteroatoms. The SMILES string of the molecule is CC.CC(C)(C)c1ccnn1C(C)(C)C. The first-order chi connectivity index (χ1) is 6.73. The standard InChI is InChI=1S/C11H20N2.C2H6/c1-10(2,3)9-7-8-12-13(9)11(4,5)6;1-2/h7-8H,1-6H3;1-2H3. The minimum absolute atomic E-state index is 0.0755. The predicted molar refractivity (Wildman–Crippen MR) is 67.3 cm³/mol. The van der Waals surface area contributed by atoms with Gasteiger partial charge in [0.2, 0.25) is 0 Å². The maximum absolute atomic E-state index is 4.37. The van der Waals surface area contributed by atoms with E-state index >= 15 is 0 Å². The zero-order chi connectivity index (χ0) is 12.3. The van der Waals surface area contributed by atoms with Gasteiger partial charge in [-0.2, -0.15) is 5.10 Å². The maximum Gasteiger partial charge on any atom is 0.0546 e. The summed E-state index contributed by atoms with van der Waals surface area (Å²) in [6.07, 6.45) is 1.88. The van der Waals surface area contributed by atoms with Crippen LogP contribution in [-0.4, -0.2) is 9.78 Å². The van der Waals surface area contributed by atoms with Crippen LogP contribution in [-0.2, 0) is 11.0 Å². The fourth-order valence-electron chi connectivity index (χ4n) is 1.41. The molecule has 1 aromatic rings. The van der Waals surface area contributed by atoms with Gasteiger partial charge in [-0.25, -0.2) is 0 Å². The van der Waals surface area contributed by atoms with Crippen molar-refractivity contribution < 1.29 is 0 Å². The van der Waals surface area contributed by atoms with E-state index in [0.717, 1.165) is 0 Å². The summed E-state index contributed by atoms with van der Waals surface area (Å²) in [5.74, 6) is 0. The predicted octanol–water partition coefficient (Wildman–Crippen LogP) is 3.96. The summed E-state index contributed by atoms with van der Waals surface area (Å²) >= 11 is 0. The fourth-order valence-corrected chi connectivity index (χ4v) is 1.41. The maximum atomic E-state index is 4.37. The lowest BCUT2D eigenvalue weighted by Crippen LogP contribution is -2.29. The Morgan fingerprint density at radius 3 is 1.73 bits per heavy atom. The molecule has 0 aromatic carbocycles. The Kier molecular flexibility index (Phi) is 4.57. The Hall–Kier alpha value is -0.790. The molecule has 0 saturated heterocycles. The molecule has 2 nitrogen and oxygen atoms in total. The summed E-state index contributed by atoms with van der Waals surface area (Å²) in [5, 5.41) is 4.37. The number of hydrogen-bond acceptors (Lipinski definition) is 1. The molecule has 0 unspecified atom stereocenters.